The molecule has 0 radical (unpaired) electrons. The number of nitrogens with one attached hydrogen (secondary N) is 2. The van der Waals surface area contributed by atoms with Crippen LogP contribution in [0, 0.1) is 0 Å². The molecule has 1 heterocycles. The molecule has 0 aliphatic carbocycles. The average molecular weight is 429 g/mol. The van der Waals surface area contributed by atoms with E-state index < -0.39 is 10.0 Å². The Balaban J connectivity index is 1.70. The lowest BCUT2D eigenvalue weighted by Crippen LogP contribution is -2.31. The molecule has 1 saturated heterocycles. The predicted molar refractivity (Wildman–Crippen MR) is 105 cm³/mol. The maximum atomic E-state index is 12.5. The van der Waals surface area contributed by atoms with Gasteiger partial charge < -0.3 is 10.1 Å². The van der Waals surface area contributed by atoms with Crippen LogP contribution in [0.3, 0.4) is 0 Å². The van der Waals surface area contributed by atoms with Gasteiger partial charge in [-0.05, 0) is 49.2 Å². The highest BCUT2D eigenvalue weighted by atomic mass is 35.5. The number of rotatable bonds is 6. The number of hydrogen-bond donors (Lipinski definition) is 2. The Morgan fingerprint density at radius 2 is 1.96 bits per heavy atom. The molecule has 1 aliphatic rings. The molecule has 2 aromatic rings. The molecule has 0 aromatic heterocycles. The standard InChI is InChI=1S/C18H18Cl2N2O4S/c19-16-7-6-15(10-17(16)20)27(24,25)22-13-4-1-3-12(9-13)18(23)21-11-14-5-2-8-26-14/h1,3-4,6-7,9-10,14,22H,2,5,8,11H2,(H,21,23). The molecule has 0 bridgehead atoms. The summed E-state index contributed by atoms with van der Waals surface area (Å²) in [5.41, 5.74) is 0.619. The van der Waals surface area contributed by atoms with Crippen LogP contribution in [-0.4, -0.2) is 33.6 Å². The van der Waals surface area contributed by atoms with Crippen molar-refractivity contribution in [3.8, 4) is 0 Å². The van der Waals surface area contributed by atoms with E-state index in [1.165, 1.54) is 24.3 Å². The Morgan fingerprint density at radius 1 is 1.15 bits per heavy atom. The maximum absolute atomic E-state index is 12.5. The summed E-state index contributed by atoms with van der Waals surface area (Å²) in [5, 5.41) is 3.21. The highest BCUT2D eigenvalue weighted by molar-refractivity contribution is 7.92. The van der Waals surface area contributed by atoms with Gasteiger partial charge >= 0.3 is 0 Å². The van der Waals surface area contributed by atoms with E-state index in [9.17, 15) is 13.2 Å². The van der Waals surface area contributed by atoms with Gasteiger partial charge in [-0.3, -0.25) is 9.52 Å². The first kappa shape index (κ1) is 19.9. The Labute approximate surface area is 167 Å². The summed E-state index contributed by atoms with van der Waals surface area (Å²) in [5.74, 6) is -0.291. The normalized spacial score (nSPS) is 16.9. The molecule has 1 aliphatic heterocycles. The highest BCUT2D eigenvalue weighted by Crippen LogP contribution is 2.26. The number of benzene rings is 2. The quantitative estimate of drug-likeness (QED) is 0.734. The van der Waals surface area contributed by atoms with Crippen molar-refractivity contribution in [2.24, 2.45) is 0 Å². The van der Waals surface area contributed by atoms with E-state index in [0.29, 0.717) is 18.7 Å². The van der Waals surface area contributed by atoms with E-state index in [0.717, 1.165) is 12.8 Å². The van der Waals surface area contributed by atoms with Crippen molar-refractivity contribution >= 4 is 44.8 Å². The fourth-order valence-electron chi connectivity index (χ4n) is 2.70. The SMILES string of the molecule is O=C(NCC1CCCO1)c1cccc(NS(=O)(=O)c2ccc(Cl)c(Cl)c2)c1. The monoisotopic (exact) mass is 428 g/mol. The Hall–Kier alpha value is -1.80. The second-order valence-corrected chi connectivity index (χ2v) is 8.60. The summed E-state index contributed by atoms with van der Waals surface area (Å²) in [4.78, 5) is 12.3. The lowest BCUT2D eigenvalue weighted by atomic mass is 10.2. The second-order valence-electron chi connectivity index (χ2n) is 6.11. The van der Waals surface area contributed by atoms with Gasteiger partial charge in [-0.25, -0.2) is 8.42 Å². The molecule has 6 nitrogen and oxygen atoms in total. The van der Waals surface area contributed by atoms with E-state index in [2.05, 4.69) is 10.0 Å². The molecule has 1 amide bonds. The molecule has 1 fully saturated rings. The first-order valence-corrected chi connectivity index (χ1v) is 10.6. The minimum atomic E-state index is -3.87. The van der Waals surface area contributed by atoms with E-state index in [4.69, 9.17) is 27.9 Å². The minimum Gasteiger partial charge on any atom is -0.376 e. The third kappa shape index (κ3) is 5.13. The topological polar surface area (TPSA) is 84.5 Å². The van der Waals surface area contributed by atoms with Crippen LogP contribution in [-0.2, 0) is 14.8 Å². The minimum absolute atomic E-state index is 0.0230. The summed E-state index contributed by atoms with van der Waals surface area (Å²) < 4.78 is 32.9. The summed E-state index contributed by atoms with van der Waals surface area (Å²) in [6.07, 6.45) is 1.95. The zero-order valence-electron chi connectivity index (χ0n) is 14.2. The van der Waals surface area contributed by atoms with Crippen molar-refractivity contribution in [2.75, 3.05) is 17.9 Å². The second kappa shape index (κ2) is 8.48. The number of ether oxygens (including phenoxy) is 1. The summed E-state index contributed by atoms with van der Waals surface area (Å²) in [6.45, 7) is 1.14. The largest absolute Gasteiger partial charge is 0.376 e. The van der Waals surface area contributed by atoms with Gasteiger partial charge in [0, 0.05) is 24.4 Å². The van der Waals surface area contributed by atoms with Crippen LogP contribution in [0.25, 0.3) is 0 Å². The first-order chi connectivity index (χ1) is 12.8. The fraction of sp³-hybridized carbons (Fsp3) is 0.278. The van der Waals surface area contributed by atoms with E-state index in [1.54, 1.807) is 18.2 Å². The van der Waals surface area contributed by atoms with Gasteiger partial charge in [-0.2, -0.15) is 0 Å². The zero-order chi connectivity index (χ0) is 19.4. The molecule has 27 heavy (non-hydrogen) atoms. The number of amides is 1. The molecule has 2 aromatic carbocycles. The van der Waals surface area contributed by atoms with Crippen LogP contribution in [0.15, 0.2) is 47.4 Å². The van der Waals surface area contributed by atoms with E-state index in [-0.39, 0.29) is 32.6 Å². The molecule has 1 unspecified atom stereocenters. The molecule has 1 atom stereocenters. The van der Waals surface area contributed by atoms with Gasteiger partial charge in [-0.15, -0.1) is 0 Å². The lowest BCUT2D eigenvalue weighted by molar-refractivity contribution is 0.0858. The van der Waals surface area contributed by atoms with E-state index >= 15 is 0 Å². The van der Waals surface area contributed by atoms with Crippen LogP contribution >= 0.6 is 23.2 Å². The number of carbonyl (C=O) groups excluding carboxylic acids is 1. The smallest absolute Gasteiger partial charge is 0.261 e. The summed E-state index contributed by atoms with van der Waals surface area (Å²) >= 11 is 11.7. The Bertz CT molecular complexity index is 944. The van der Waals surface area contributed by atoms with Crippen molar-refractivity contribution in [1.82, 2.24) is 5.32 Å². The van der Waals surface area contributed by atoms with Crippen molar-refractivity contribution < 1.29 is 17.9 Å². The van der Waals surface area contributed by atoms with Gasteiger partial charge in [0.05, 0.1) is 21.0 Å². The van der Waals surface area contributed by atoms with Gasteiger partial charge in [0.15, 0.2) is 0 Å². The fourth-order valence-corrected chi connectivity index (χ4v) is 4.13. The molecular formula is C18H18Cl2N2O4S. The number of carbonyl (C=O) groups is 1. The number of anilines is 1. The molecule has 9 heteroatoms. The number of halogens is 2. The van der Waals surface area contributed by atoms with Crippen molar-refractivity contribution in [2.45, 2.75) is 23.8 Å². The highest BCUT2D eigenvalue weighted by Gasteiger charge is 2.18. The third-order valence-corrected chi connectivity index (χ3v) is 6.21. The van der Waals surface area contributed by atoms with Gasteiger partial charge in [0.1, 0.15) is 0 Å². The van der Waals surface area contributed by atoms with Gasteiger partial charge in [0.2, 0.25) is 0 Å². The number of hydrogen-bond acceptors (Lipinski definition) is 4. The molecule has 144 valence electrons. The van der Waals surface area contributed by atoms with Crippen LogP contribution < -0.4 is 10.0 Å². The molecule has 0 saturated carbocycles. The number of sulfonamides is 1. The lowest BCUT2D eigenvalue weighted by Gasteiger charge is -2.12. The summed E-state index contributed by atoms with van der Waals surface area (Å²) in [6, 6.07) is 10.3. The van der Waals surface area contributed by atoms with E-state index in [1.807, 2.05) is 0 Å². The van der Waals surface area contributed by atoms with Gasteiger partial charge in [0.25, 0.3) is 15.9 Å². The average Bonchev–Trinajstić information content (AvgIpc) is 3.15. The van der Waals surface area contributed by atoms with Crippen molar-refractivity contribution in [1.29, 1.82) is 0 Å². The molecule has 0 spiro atoms. The first-order valence-electron chi connectivity index (χ1n) is 8.33. The third-order valence-electron chi connectivity index (χ3n) is 4.09. The molecule has 2 N–H and O–H groups in total. The van der Waals surface area contributed by atoms with Crippen molar-refractivity contribution in [3.05, 3.63) is 58.1 Å². The van der Waals surface area contributed by atoms with Crippen LogP contribution in [0.5, 0.6) is 0 Å². The van der Waals surface area contributed by atoms with Crippen LogP contribution in [0.1, 0.15) is 23.2 Å². The van der Waals surface area contributed by atoms with Crippen molar-refractivity contribution in [3.63, 3.8) is 0 Å². The van der Waals surface area contributed by atoms with Crippen LogP contribution in [0.4, 0.5) is 5.69 Å². The maximum Gasteiger partial charge on any atom is 0.261 e. The molecule has 3 rings (SSSR count). The Morgan fingerprint density at radius 3 is 2.67 bits per heavy atom. The van der Waals surface area contributed by atoms with Crippen LogP contribution in [0.2, 0.25) is 10.0 Å². The molecular weight excluding hydrogens is 411 g/mol. The predicted octanol–water partition coefficient (Wildman–Crippen LogP) is 3.70. The zero-order valence-corrected chi connectivity index (χ0v) is 16.6. The summed E-state index contributed by atoms with van der Waals surface area (Å²) in [7, 11) is -3.87. The van der Waals surface area contributed by atoms with Gasteiger partial charge in [-0.1, -0.05) is 29.3 Å². The Kier molecular flexibility index (Phi) is 6.26.